The van der Waals surface area contributed by atoms with Crippen LogP contribution in [-0.4, -0.2) is 25.2 Å². The van der Waals surface area contributed by atoms with E-state index in [9.17, 15) is 13.6 Å². The van der Waals surface area contributed by atoms with E-state index < -0.39 is 17.4 Å². The van der Waals surface area contributed by atoms with Crippen molar-refractivity contribution in [2.24, 2.45) is 10.7 Å². The van der Waals surface area contributed by atoms with Crippen LogP contribution >= 0.6 is 0 Å². The number of aliphatic imine (C=N–C) groups is 1. The molecule has 2 aromatic rings. The van der Waals surface area contributed by atoms with Gasteiger partial charge in [-0.3, -0.25) is 9.79 Å². The number of para-hydroxylation sites is 1. The highest BCUT2D eigenvalue weighted by atomic mass is 19.1. The van der Waals surface area contributed by atoms with E-state index in [1.165, 1.54) is 24.4 Å². The zero-order valence-corrected chi connectivity index (χ0v) is 14.1. The molecule has 0 saturated carbocycles. The van der Waals surface area contributed by atoms with Gasteiger partial charge in [-0.1, -0.05) is 18.2 Å². The van der Waals surface area contributed by atoms with Crippen LogP contribution in [0.2, 0.25) is 0 Å². The second-order valence-corrected chi connectivity index (χ2v) is 6.34. The molecule has 1 aliphatic heterocycles. The second kappa shape index (κ2) is 7.21. The predicted molar refractivity (Wildman–Crippen MR) is 97.9 cm³/mol. The summed E-state index contributed by atoms with van der Waals surface area (Å²) >= 11 is 0. The molecule has 0 aliphatic carbocycles. The second-order valence-electron chi connectivity index (χ2n) is 6.34. The summed E-state index contributed by atoms with van der Waals surface area (Å²) in [6.07, 6.45) is 2.37. The van der Waals surface area contributed by atoms with Gasteiger partial charge in [0.2, 0.25) is 0 Å². The van der Waals surface area contributed by atoms with Crippen molar-refractivity contribution in [2.75, 3.05) is 18.8 Å². The number of alkyl halides is 1. The van der Waals surface area contributed by atoms with E-state index in [-0.39, 0.29) is 29.8 Å². The van der Waals surface area contributed by atoms with Crippen molar-refractivity contribution in [2.45, 2.75) is 18.5 Å². The zero-order valence-electron chi connectivity index (χ0n) is 14.1. The third kappa shape index (κ3) is 3.57. The number of anilines is 1. The summed E-state index contributed by atoms with van der Waals surface area (Å²) in [6, 6.07) is 8.99. The van der Waals surface area contributed by atoms with E-state index in [1.807, 2.05) is 0 Å². The average Bonchev–Trinajstić information content (AvgIpc) is 2.61. The summed E-state index contributed by atoms with van der Waals surface area (Å²) < 4.78 is 29.3. The van der Waals surface area contributed by atoms with Crippen LogP contribution in [0.3, 0.4) is 0 Å². The number of hydrogen-bond donors (Lipinski definition) is 3. The lowest BCUT2D eigenvalue weighted by Crippen LogP contribution is -2.40. The van der Waals surface area contributed by atoms with Gasteiger partial charge >= 0.3 is 0 Å². The van der Waals surface area contributed by atoms with Crippen LogP contribution in [0, 0.1) is 5.82 Å². The minimum Gasteiger partial charge on any atom is -0.398 e. The molecule has 1 aliphatic rings. The van der Waals surface area contributed by atoms with Crippen molar-refractivity contribution >= 4 is 23.5 Å². The van der Waals surface area contributed by atoms with Gasteiger partial charge in [0.25, 0.3) is 5.91 Å². The summed E-state index contributed by atoms with van der Waals surface area (Å²) in [6.45, 7) is 0.838. The summed E-state index contributed by atoms with van der Waals surface area (Å²) in [4.78, 5) is 15.5. The zero-order chi connectivity index (χ0) is 18.7. The van der Waals surface area contributed by atoms with Crippen LogP contribution in [0.15, 0.2) is 41.4 Å². The molecular weight excluding hydrogens is 338 g/mol. The van der Waals surface area contributed by atoms with E-state index in [0.717, 1.165) is 6.54 Å². The van der Waals surface area contributed by atoms with Crippen molar-refractivity contribution in [1.29, 1.82) is 0 Å². The lowest BCUT2D eigenvalue weighted by molar-refractivity contribution is 0.100. The first-order valence-corrected chi connectivity index (χ1v) is 8.33. The normalized spacial score (nSPS) is 20.4. The van der Waals surface area contributed by atoms with Gasteiger partial charge in [0.15, 0.2) is 5.67 Å². The Morgan fingerprint density at radius 1 is 1.31 bits per heavy atom. The molecule has 1 atom stereocenters. The molecule has 136 valence electrons. The first-order chi connectivity index (χ1) is 12.4. The number of nitrogens with zero attached hydrogens (tertiary/aromatic N) is 1. The molecule has 0 aromatic heterocycles. The van der Waals surface area contributed by atoms with Gasteiger partial charge in [0, 0.05) is 23.9 Å². The summed E-state index contributed by atoms with van der Waals surface area (Å²) in [7, 11) is 0. The van der Waals surface area contributed by atoms with Gasteiger partial charge in [0.1, 0.15) is 5.82 Å². The number of carbonyl (C=O) groups excluding carboxylic acids is 1. The molecular formula is C19H20F2N4O. The topological polar surface area (TPSA) is 93.5 Å². The maximum atomic E-state index is 14.9. The number of nitrogen functional groups attached to an aromatic ring is 1. The molecule has 1 saturated heterocycles. The fourth-order valence-electron chi connectivity index (χ4n) is 3.10. The number of nitrogens with two attached hydrogens (primary N) is 2. The fraction of sp³-hybridized carbons (Fsp3) is 0.263. The van der Waals surface area contributed by atoms with Gasteiger partial charge in [0.05, 0.1) is 16.9 Å². The molecule has 0 radical (unpaired) electrons. The Bertz CT molecular complexity index is 861. The molecule has 5 N–H and O–H groups in total. The van der Waals surface area contributed by atoms with E-state index >= 15 is 0 Å². The summed E-state index contributed by atoms with van der Waals surface area (Å²) in [5.74, 6) is -1.27. The minimum absolute atomic E-state index is 0.0406. The predicted octanol–water partition coefficient (Wildman–Crippen LogP) is 2.81. The number of halogens is 2. The van der Waals surface area contributed by atoms with Gasteiger partial charge < -0.3 is 16.8 Å². The monoisotopic (exact) mass is 358 g/mol. The first kappa shape index (κ1) is 18.0. The van der Waals surface area contributed by atoms with Crippen LogP contribution < -0.4 is 16.8 Å². The average molecular weight is 358 g/mol. The molecule has 26 heavy (non-hydrogen) atoms. The van der Waals surface area contributed by atoms with Gasteiger partial charge in [-0.25, -0.2) is 8.78 Å². The smallest absolute Gasteiger partial charge is 0.250 e. The fourth-order valence-corrected chi connectivity index (χ4v) is 3.10. The molecule has 0 bridgehead atoms. The largest absolute Gasteiger partial charge is 0.398 e. The maximum Gasteiger partial charge on any atom is 0.250 e. The van der Waals surface area contributed by atoms with Crippen LogP contribution in [0.25, 0.3) is 0 Å². The lowest BCUT2D eigenvalue weighted by Gasteiger charge is -2.30. The summed E-state index contributed by atoms with van der Waals surface area (Å²) in [5.41, 5.74) is 10.7. The Labute approximate surface area is 150 Å². The summed E-state index contributed by atoms with van der Waals surface area (Å²) in [5, 5.41) is 2.96. The number of piperidine rings is 1. The molecule has 1 heterocycles. The number of rotatable bonds is 4. The number of benzene rings is 2. The van der Waals surface area contributed by atoms with Gasteiger partial charge in [-0.15, -0.1) is 0 Å². The molecule has 1 unspecified atom stereocenters. The highest BCUT2D eigenvalue weighted by Gasteiger charge is 2.36. The SMILES string of the molecule is NC(=O)c1cccc(C=Nc2ccc(C3(F)CCCNC3)c(F)c2)c1N. The third-order valence-corrected chi connectivity index (χ3v) is 4.53. The molecule has 5 nitrogen and oxygen atoms in total. The maximum absolute atomic E-state index is 14.9. The lowest BCUT2D eigenvalue weighted by atomic mass is 9.88. The molecule has 2 aromatic carbocycles. The van der Waals surface area contributed by atoms with Gasteiger partial charge in [-0.2, -0.15) is 0 Å². The van der Waals surface area contributed by atoms with Crippen molar-refractivity contribution in [3.63, 3.8) is 0 Å². The molecule has 0 spiro atoms. The van der Waals surface area contributed by atoms with E-state index in [1.54, 1.807) is 18.2 Å². The highest BCUT2D eigenvalue weighted by molar-refractivity contribution is 6.02. The van der Waals surface area contributed by atoms with E-state index in [4.69, 9.17) is 11.5 Å². The first-order valence-electron chi connectivity index (χ1n) is 8.33. The Hall–Kier alpha value is -2.80. The van der Waals surface area contributed by atoms with Crippen LogP contribution in [0.5, 0.6) is 0 Å². The Balaban J connectivity index is 1.85. The standard InChI is InChI=1S/C19H20F2N4O/c20-16-9-13(5-6-15(16)19(21)7-2-8-24-11-19)25-10-12-3-1-4-14(17(12)22)18(23)26/h1,3-6,9-10,24H,2,7-8,11,22H2,(H2,23,26). The number of hydrogen-bond acceptors (Lipinski definition) is 4. The number of primary amides is 1. The van der Waals surface area contributed by atoms with Crippen molar-refractivity contribution < 1.29 is 13.6 Å². The van der Waals surface area contributed by atoms with Crippen LogP contribution in [0.1, 0.15) is 34.3 Å². The molecule has 7 heteroatoms. The Morgan fingerprint density at radius 2 is 2.12 bits per heavy atom. The van der Waals surface area contributed by atoms with Gasteiger partial charge in [-0.05, 0) is 37.6 Å². The van der Waals surface area contributed by atoms with Crippen molar-refractivity contribution in [1.82, 2.24) is 5.32 Å². The van der Waals surface area contributed by atoms with E-state index in [2.05, 4.69) is 10.3 Å². The van der Waals surface area contributed by atoms with Crippen LogP contribution in [-0.2, 0) is 5.67 Å². The van der Waals surface area contributed by atoms with Crippen molar-refractivity contribution in [3.05, 3.63) is 58.9 Å². The number of amides is 1. The Morgan fingerprint density at radius 3 is 2.77 bits per heavy atom. The van der Waals surface area contributed by atoms with Crippen molar-refractivity contribution in [3.8, 4) is 0 Å². The van der Waals surface area contributed by atoms with Crippen LogP contribution in [0.4, 0.5) is 20.2 Å². The quantitative estimate of drug-likeness (QED) is 0.579. The Kier molecular flexibility index (Phi) is 4.99. The minimum atomic E-state index is -1.70. The number of nitrogens with one attached hydrogen (secondary N) is 1. The highest BCUT2D eigenvalue weighted by Crippen LogP contribution is 2.35. The molecule has 1 fully saturated rings. The van der Waals surface area contributed by atoms with E-state index in [0.29, 0.717) is 17.7 Å². The molecule has 3 rings (SSSR count). The number of carbonyl (C=O) groups is 1. The molecule has 1 amide bonds. The third-order valence-electron chi connectivity index (χ3n) is 4.53.